The Morgan fingerprint density at radius 1 is 1.67 bits per heavy atom. The highest BCUT2D eigenvalue weighted by Gasteiger charge is 2.18. The molecule has 52 valence electrons. The third kappa shape index (κ3) is 1.51. The molecule has 0 aromatic rings. The van der Waals surface area contributed by atoms with Crippen LogP contribution in [0.1, 0.15) is 0 Å². The van der Waals surface area contributed by atoms with E-state index in [-0.39, 0.29) is 6.61 Å². The summed E-state index contributed by atoms with van der Waals surface area (Å²) in [6.07, 6.45) is 2.31. The Kier molecular flexibility index (Phi) is 2.22. The van der Waals surface area contributed by atoms with Crippen molar-refractivity contribution >= 4 is 0 Å². The van der Waals surface area contributed by atoms with Crippen LogP contribution in [-0.4, -0.2) is 35.6 Å². The smallest absolute Gasteiger partial charge is 0.110 e. The largest absolute Gasteiger partial charge is 0.394 e. The summed E-state index contributed by atoms with van der Waals surface area (Å²) < 4.78 is 4.95. The van der Waals surface area contributed by atoms with Gasteiger partial charge in [0.15, 0.2) is 0 Å². The van der Waals surface area contributed by atoms with Crippen molar-refractivity contribution in [3.8, 4) is 0 Å². The first-order valence-corrected chi connectivity index (χ1v) is 2.92. The summed E-state index contributed by atoms with van der Waals surface area (Å²) in [7, 11) is 0. The van der Waals surface area contributed by atoms with Crippen LogP contribution in [0.4, 0.5) is 0 Å². The lowest BCUT2D eigenvalue weighted by Crippen LogP contribution is -2.33. The van der Waals surface area contributed by atoms with Crippen molar-refractivity contribution in [2.75, 3.05) is 13.2 Å². The minimum absolute atomic E-state index is 0.120. The predicted octanol–water partition coefficient (Wildman–Crippen LogP) is -0.705. The van der Waals surface area contributed by atoms with Gasteiger partial charge >= 0.3 is 0 Å². The normalized spacial score (nSPS) is 34.9. The van der Waals surface area contributed by atoms with Crippen molar-refractivity contribution < 1.29 is 14.9 Å². The summed E-state index contributed by atoms with van der Waals surface area (Å²) in [6.45, 7) is 0.369. The first-order chi connectivity index (χ1) is 4.34. The molecule has 2 N–H and O–H groups in total. The second-order valence-electron chi connectivity index (χ2n) is 1.97. The van der Waals surface area contributed by atoms with E-state index in [1.807, 2.05) is 0 Å². The molecule has 0 amide bonds. The van der Waals surface area contributed by atoms with Gasteiger partial charge in [-0.1, -0.05) is 12.2 Å². The van der Waals surface area contributed by atoms with Gasteiger partial charge in [-0.2, -0.15) is 0 Å². The van der Waals surface area contributed by atoms with Gasteiger partial charge in [-0.15, -0.1) is 0 Å². The molecule has 0 fully saturated rings. The number of rotatable bonds is 1. The van der Waals surface area contributed by atoms with E-state index in [0.29, 0.717) is 6.61 Å². The van der Waals surface area contributed by atoms with Crippen LogP contribution in [0.25, 0.3) is 0 Å². The first kappa shape index (κ1) is 6.74. The third-order valence-electron chi connectivity index (χ3n) is 1.30. The van der Waals surface area contributed by atoms with Crippen molar-refractivity contribution in [3.05, 3.63) is 12.2 Å². The second kappa shape index (κ2) is 2.96. The van der Waals surface area contributed by atoms with E-state index >= 15 is 0 Å². The van der Waals surface area contributed by atoms with Gasteiger partial charge in [-0.25, -0.2) is 0 Å². The molecule has 0 saturated heterocycles. The molecule has 3 heteroatoms. The van der Waals surface area contributed by atoms with Crippen LogP contribution in [0.5, 0.6) is 0 Å². The molecule has 1 aliphatic rings. The van der Waals surface area contributed by atoms with Crippen LogP contribution < -0.4 is 0 Å². The third-order valence-corrected chi connectivity index (χ3v) is 1.30. The van der Waals surface area contributed by atoms with Gasteiger partial charge in [0.2, 0.25) is 0 Å². The summed E-state index contributed by atoms with van der Waals surface area (Å²) in [5, 5.41) is 17.5. The molecule has 0 aromatic heterocycles. The highest BCUT2D eigenvalue weighted by atomic mass is 16.5. The zero-order valence-corrected chi connectivity index (χ0v) is 5.03. The summed E-state index contributed by atoms with van der Waals surface area (Å²) >= 11 is 0. The second-order valence-corrected chi connectivity index (χ2v) is 1.97. The van der Waals surface area contributed by atoms with E-state index in [1.54, 1.807) is 12.2 Å². The monoisotopic (exact) mass is 130 g/mol. The Labute approximate surface area is 53.6 Å². The van der Waals surface area contributed by atoms with E-state index in [4.69, 9.17) is 14.9 Å². The molecule has 0 aliphatic carbocycles. The molecule has 0 radical (unpaired) electrons. The minimum atomic E-state index is -0.635. The van der Waals surface area contributed by atoms with Crippen LogP contribution >= 0.6 is 0 Å². The van der Waals surface area contributed by atoms with Gasteiger partial charge < -0.3 is 14.9 Å². The van der Waals surface area contributed by atoms with Gasteiger partial charge in [-0.05, 0) is 0 Å². The first-order valence-electron chi connectivity index (χ1n) is 2.92. The number of aliphatic hydroxyl groups excluding tert-OH is 2. The average molecular weight is 130 g/mol. The summed E-state index contributed by atoms with van der Waals surface area (Å²) in [5.41, 5.74) is 0. The molecule has 0 spiro atoms. The highest BCUT2D eigenvalue weighted by Crippen LogP contribution is 2.05. The van der Waals surface area contributed by atoms with E-state index in [2.05, 4.69) is 0 Å². The van der Waals surface area contributed by atoms with Gasteiger partial charge in [0.1, 0.15) is 12.2 Å². The Bertz CT molecular complexity index is 111. The van der Waals surface area contributed by atoms with Gasteiger partial charge in [0.25, 0.3) is 0 Å². The van der Waals surface area contributed by atoms with Crippen molar-refractivity contribution in [2.24, 2.45) is 0 Å². The highest BCUT2D eigenvalue weighted by molar-refractivity contribution is 4.96. The molecule has 1 heterocycles. The Balaban J connectivity index is 2.44. The van der Waals surface area contributed by atoms with Crippen molar-refractivity contribution in [1.82, 2.24) is 0 Å². The van der Waals surface area contributed by atoms with Crippen LogP contribution in [0.2, 0.25) is 0 Å². The minimum Gasteiger partial charge on any atom is -0.394 e. The van der Waals surface area contributed by atoms with Crippen molar-refractivity contribution in [2.45, 2.75) is 12.2 Å². The molecular formula is C6H10O3. The van der Waals surface area contributed by atoms with E-state index in [1.165, 1.54) is 0 Å². The fraction of sp³-hybridized carbons (Fsp3) is 0.667. The van der Waals surface area contributed by atoms with Crippen LogP contribution in [0.3, 0.4) is 0 Å². The predicted molar refractivity (Wildman–Crippen MR) is 32.0 cm³/mol. The zero-order chi connectivity index (χ0) is 6.69. The topological polar surface area (TPSA) is 49.7 Å². The molecule has 1 aliphatic heterocycles. The lowest BCUT2D eigenvalue weighted by Gasteiger charge is -2.21. The van der Waals surface area contributed by atoms with Gasteiger partial charge in [0.05, 0.1) is 13.2 Å². The molecule has 2 atom stereocenters. The average Bonchev–Trinajstić information content (AvgIpc) is 1.89. The van der Waals surface area contributed by atoms with E-state index in [9.17, 15) is 0 Å². The molecule has 0 saturated carbocycles. The van der Waals surface area contributed by atoms with E-state index < -0.39 is 12.2 Å². The summed E-state index contributed by atoms with van der Waals surface area (Å²) in [6, 6.07) is 0. The number of hydrogen-bond donors (Lipinski definition) is 2. The molecule has 0 aromatic carbocycles. The maximum absolute atomic E-state index is 9.00. The van der Waals surface area contributed by atoms with Crippen molar-refractivity contribution in [1.29, 1.82) is 0 Å². The van der Waals surface area contributed by atoms with E-state index in [0.717, 1.165) is 0 Å². The summed E-state index contributed by atoms with van der Waals surface area (Å²) in [5.74, 6) is 0. The zero-order valence-electron chi connectivity index (χ0n) is 5.03. The fourth-order valence-electron chi connectivity index (χ4n) is 0.757. The molecule has 1 rings (SSSR count). The molecular weight excluding hydrogens is 120 g/mol. The lowest BCUT2D eigenvalue weighted by molar-refractivity contribution is -0.0441. The standard InChI is InChI=1S/C6H10O3/c7-4-6-5(8)2-1-3-9-6/h1-2,5-8H,3-4H2. The van der Waals surface area contributed by atoms with Gasteiger partial charge in [-0.3, -0.25) is 0 Å². The SMILES string of the molecule is OCC1OCC=CC1O. The number of hydrogen-bond acceptors (Lipinski definition) is 3. The number of ether oxygens (including phenoxy) is 1. The Hall–Kier alpha value is -0.380. The molecule has 9 heavy (non-hydrogen) atoms. The van der Waals surface area contributed by atoms with Crippen molar-refractivity contribution in [3.63, 3.8) is 0 Å². The van der Waals surface area contributed by atoms with Crippen LogP contribution in [0, 0.1) is 0 Å². The van der Waals surface area contributed by atoms with Crippen LogP contribution in [-0.2, 0) is 4.74 Å². The quantitative estimate of drug-likeness (QED) is 0.461. The Morgan fingerprint density at radius 2 is 2.44 bits per heavy atom. The maximum atomic E-state index is 9.00. The lowest BCUT2D eigenvalue weighted by atomic mass is 10.2. The molecule has 2 unspecified atom stereocenters. The fourth-order valence-corrected chi connectivity index (χ4v) is 0.757. The number of aliphatic hydroxyl groups is 2. The molecule has 0 bridgehead atoms. The van der Waals surface area contributed by atoms with Gasteiger partial charge in [0, 0.05) is 0 Å². The maximum Gasteiger partial charge on any atom is 0.110 e. The van der Waals surface area contributed by atoms with Crippen LogP contribution in [0.15, 0.2) is 12.2 Å². The summed E-state index contributed by atoms with van der Waals surface area (Å²) in [4.78, 5) is 0. The molecule has 3 nitrogen and oxygen atoms in total. The Morgan fingerprint density at radius 3 is 2.89 bits per heavy atom.